The molecule has 0 fully saturated rings. The second-order valence-electron chi connectivity index (χ2n) is 3.36. The van der Waals surface area contributed by atoms with Gasteiger partial charge in [0.05, 0.1) is 11.6 Å². The van der Waals surface area contributed by atoms with E-state index in [1.807, 2.05) is 42.7 Å². The summed E-state index contributed by atoms with van der Waals surface area (Å²) in [7, 11) is 0. The fourth-order valence-corrected chi connectivity index (χ4v) is 1.43. The molecule has 0 spiro atoms. The first kappa shape index (κ1) is 9.42. The van der Waals surface area contributed by atoms with E-state index in [-0.39, 0.29) is 0 Å². The van der Waals surface area contributed by atoms with Crippen LogP contribution in [-0.2, 0) is 6.54 Å². The van der Waals surface area contributed by atoms with E-state index in [1.165, 1.54) is 5.56 Å². The molecule has 0 aliphatic heterocycles. The smallest absolute Gasteiger partial charge is 0.173 e. The maximum atomic E-state index is 8.66. The standard InChI is InChI=1S/C13H11N2/c14-10-12-6-8-15(9-7-12)11-13-4-2-1-3-5-13/h1-9H,11H2/q+1. The summed E-state index contributed by atoms with van der Waals surface area (Å²) >= 11 is 0. The van der Waals surface area contributed by atoms with Crippen molar-refractivity contribution < 1.29 is 4.57 Å². The number of aromatic nitrogens is 1. The SMILES string of the molecule is N#Cc1cc[n+](Cc2ccccc2)cc1. The van der Waals surface area contributed by atoms with Crippen molar-refractivity contribution in [2.75, 3.05) is 0 Å². The van der Waals surface area contributed by atoms with Gasteiger partial charge in [-0.25, -0.2) is 4.57 Å². The summed E-state index contributed by atoms with van der Waals surface area (Å²) < 4.78 is 2.05. The van der Waals surface area contributed by atoms with Gasteiger partial charge in [0.15, 0.2) is 18.9 Å². The van der Waals surface area contributed by atoms with Crippen molar-refractivity contribution >= 4 is 0 Å². The molecule has 72 valence electrons. The number of benzene rings is 1. The average molecular weight is 195 g/mol. The summed E-state index contributed by atoms with van der Waals surface area (Å²) in [4.78, 5) is 0. The van der Waals surface area contributed by atoms with Crippen LogP contribution in [0.15, 0.2) is 54.9 Å². The third-order valence-electron chi connectivity index (χ3n) is 2.23. The number of nitriles is 1. The number of rotatable bonds is 2. The van der Waals surface area contributed by atoms with E-state index < -0.39 is 0 Å². The van der Waals surface area contributed by atoms with Crippen molar-refractivity contribution in [3.8, 4) is 6.07 Å². The molecule has 0 aliphatic carbocycles. The lowest BCUT2D eigenvalue weighted by molar-refractivity contribution is -0.688. The topological polar surface area (TPSA) is 27.7 Å². The van der Waals surface area contributed by atoms with Crippen molar-refractivity contribution in [1.82, 2.24) is 0 Å². The normalized spacial score (nSPS) is 9.53. The Bertz CT molecular complexity index is 466. The Hall–Kier alpha value is -2.14. The second kappa shape index (κ2) is 4.39. The highest BCUT2D eigenvalue weighted by atomic mass is 14.9. The summed E-state index contributed by atoms with van der Waals surface area (Å²) in [6, 6.07) is 16.0. The molecule has 1 aromatic carbocycles. The minimum absolute atomic E-state index is 0.694. The second-order valence-corrected chi connectivity index (χ2v) is 3.36. The molecule has 2 aromatic rings. The Labute approximate surface area is 89.0 Å². The zero-order chi connectivity index (χ0) is 10.5. The molecule has 0 saturated heterocycles. The lowest BCUT2D eigenvalue weighted by atomic mass is 10.2. The highest BCUT2D eigenvalue weighted by Crippen LogP contribution is 1.98. The molecular weight excluding hydrogens is 184 g/mol. The molecule has 15 heavy (non-hydrogen) atoms. The first-order valence-electron chi connectivity index (χ1n) is 4.81. The first-order valence-corrected chi connectivity index (χ1v) is 4.81. The van der Waals surface area contributed by atoms with Gasteiger partial charge in [-0.1, -0.05) is 30.3 Å². The maximum Gasteiger partial charge on any atom is 0.173 e. The molecule has 0 amide bonds. The van der Waals surface area contributed by atoms with Gasteiger partial charge in [0.25, 0.3) is 0 Å². The van der Waals surface area contributed by atoms with E-state index in [0.29, 0.717) is 5.56 Å². The van der Waals surface area contributed by atoms with Gasteiger partial charge >= 0.3 is 0 Å². The molecule has 2 rings (SSSR count). The Kier molecular flexibility index (Phi) is 2.75. The van der Waals surface area contributed by atoms with Crippen LogP contribution in [0.5, 0.6) is 0 Å². The fraction of sp³-hybridized carbons (Fsp3) is 0.0769. The maximum absolute atomic E-state index is 8.66. The van der Waals surface area contributed by atoms with Crippen LogP contribution in [0.4, 0.5) is 0 Å². The molecule has 0 aliphatic rings. The first-order chi connectivity index (χ1) is 7.38. The number of hydrogen-bond donors (Lipinski definition) is 0. The predicted octanol–water partition coefficient (Wildman–Crippen LogP) is 1.89. The van der Waals surface area contributed by atoms with Gasteiger partial charge < -0.3 is 0 Å². The van der Waals surface area contributed by atoms with Crippen LogP contribution in [0, 0.1) is 11.3 Å². The van der Waals surface area contributed by atoms with Crippen LogP contribution < -0.4 is 4.57 Å². The lowest BCUT2D eigenvalue weighted by Gasteiger charge is -1.96. The van der Waals surface area contributed by atoms with Crippen molar-refractivity contribution in [2.24, 2.45) is 0 Å². The Morgan fingerprint density at radius 3 is 2.27 bits per heavy atom. The molecule has 1 aromatic heterocycles. The van der Waals surface area contributed by atoms with Crippen molar-refractivity contribution in [2.45, 2.75) is 6.54 Å². The molecule has 1 heterocycles. The molecule has 2 heteroatoms. The zero-order valence-electron chi connectivity index (χ0n) is 8.30. The van der Waals surface area contributed by atoms with E-state index in [1.54, 1.807) is 0 Å². The van der Waals surface area contributed by atoms with Crippen LogP contribution in [0.3, 0.4) is 0 Å². The minimum atomic E-state index is 0.694. The van der Waals surface area contributed by atoms with Crippen molar-refractivity contribution in [3.63, 3.8) is 0 Å². The lowest BCUT2D eigenvalue weighted by Crippen LogP contribution is -2.33. The van der Waals surface area contributed by atoms with E-state index in [0.717, 1.165) is 6.54 Å². The van der Waals surface area contributed by atoms with Crippen molar-refractivity contribution in [1.29, 1.82) is 5.26 Å². The van der Waals surface area contributed by atoms with Gasteiger partial charge in [-0.15, -0.1) is 0 Å². The van der Waals surface area contributed by atoms with Gasteiger partial charge in [-0.2, -0.15) is 5.26 Å². The van der Waals surface area contributed by atoms with Crippen LogP contribution in [0.25, 0.3) is 0 Å². The van der Waals surface area contributed by atoms with Gasteiger partial charge in [0, 0.05) is 17.7 Å². The number of nitrogens with zero attached hydrogens (tertiary/aromatic N) is 2. The highest BCUT2D eigenvalue weighted by Gasteiger charge is 2.01. The largest absolute Gasteiger partial charge is 0.201 e. The Morgan fingerprint density at radius 1 is 1.00 bits per heavy atom. The van der Waals surface area contributed by atoms with Crippen LogP contribution in [-0.4, -0.2) is 0 Å². The predicted molar refractivity (Wildman–Crippen MR) is 56.9 cm³/mol. The minimum Gasteiger partial charge on any atom is -0.201 e. The summed E-state index contributed by atoms with van der Waals surface area (Å²) in [5.74, 6) is 0. The van der Waals surface area contributed by atoms with E-state index in [4.69, 9.17) is 5.26 Å². The average Bonchev–Trinajstić information content (AvgIpc) is 2.31. The molecule has 0 atom stereocenters. The molecule has 0 N–H and O–H groups in total. The summed E-state index contributed by atoms with van der Waals surface area (Å²) in [6.45, 7) is 0.840. The van der Waals surface area contributed by atoms with Gasteiger partial charge in [-0.3, -0.25) is 0 Å². The summed E-state index contributed by atoms with van der Waals surface area (Å²) in [5.41, 5.74) is 1.95. The molecule has 0 unspecified atom stereocenters. The third kappa shape index (κ3) is 2.41. The molecule has 2 nitrogen and oxygen atoms in total. The molecule has 0 saturated carbocycles. The van der Waals surface area contributed by atoms with E-state index in [9.17, 15) is 0 Å². The van der Waals surface area contributed by atoms with Gasteiger partial charge in [-0.05, 0) is 0 Å². The summed E-state index contributed by atoms with van der Waals surface area (Å²) in [6.07, 6.45) is 3.84. The van der Waals surface area contributed by atoms with Gasteiger partial charge in [0.1, 0.15) is 0 Å². The van der Waals surface area contributed by atoms with Crippen LogP contribution in [0.1, 0.15) is 11.1 Å². The summed E-state index contributed by atoms with van der Waals surface area (Å²) in [5, 5.41) is 8.66. The monoisotopic (exact) mass is 195 g/mol. The number of hydrogen-bond acceptors (Lipinski definition) is 1. The number of pyridine rings is 1. The molecule has 0 bridgehead atoms. The van der Waals surface area contributed by atoms with E-state index >= 15 is 0 Å². The molecule has 0 radical (unpaired) electrons. The van der Waals surface area contributed by atoms with E-state index in [2.05, 4.69) is 22.8 Å². The highest BCUT2D eigenvalue weighted by molar-refractivity contribution is 5.23. The van der Waals surface area contributed by atoms with Crippen LogP contribution in [0.2, 0.25) is 0 Å². The third-order valence-corrected chi connectivity index (χ3v) is 2.23. The Morgan fingerprint density at radius 2 is 1.67 bits per heavy atom. The fourth-order valence-electron chi connectivity index (χ4n) is 1.43. The van der Waals surface area contributed by atoms with Gasteiger partial charge in [0.2, 0.25) is 0 Å². The zero-order valence-corrected chi connectivity index (χ0v) is 8.30. The Balaban J connectivity index is 2.16. The van der Waals surface area contributed by atoms with Crippen LogP contribution >= 0.6 is 0 Å². The van der Waals surface area contributed by atoms with Crippen molar-refractivity contribution in [3.05, 3.63) is 66.0 Å². The molecular formula is C13H11N2+. The quantitative estimate of drug-likeness (QED) is 0.672.